The van der Waals surface area contributed by atoms with Gasteiger partial charge in [0, 0.05) is 12.5 Å². The van der Waals surface area contributed by atoms with Gasteiger partial charge < -0.3 is 15.2 Å². The number of carboxylic acid groups (broad SMARTS) is 1. The van der Waals surface area contributed by atoms with Crippen molar-refractivity contribution in [2.75, 3.05) is 19.8 Å². The van der Waals surface area contributed by atoms with Crippen LogP contribution in [0.2, 0.25) is 0 Å². The topological polar surface area (TPSA) is 88.5 Å². The van der Waals surface area contributed by atoms with E-state index in [1.54, 1.807) is 6.20 Å². The zero-order valence-electron chi connectivity index (χ0n) is 10.3. The number of aromatic nitrogens is 1. The van der Waals surface area contributed by atoms with E-state index in [0.29, 0.717) is 10.8 Å². The van der Waals surface area contributed by atoms with Crippen molar-refractivity contribution in [3.63, 3.8) is 0 Å². The number of rotatable bonds is 7. The fraction of sp³-hybridized carbons (Fsp3) is 0.545. The predicted octanol–water partition coefficient (Wildman–Crippen LogP) is 1.10. The van der Waals surface area contributed by atoms with Crippen LogP contribution in [0, 0.1) is 0 Å². The van der Waals surface area contributed by atoms with Crippen LogP contribution >= 0.6 is 11.3 Å². The summed E-state index contributed by atoms with van der Waals surface area (Å²) in [5.41, 5.74) is 0. The number of thiazole rings is 1. The molecule has 0 aromatic carbocycles. The summed E-state index contributed by atoms with van der Waals surface area (Å²) >= 11 is 1.36. The third kappa shape index (κ3) is 4.80. The van der Waals surface area contributed by atoms with Gasteiger partial charge in [-0.15, -0.1) is 11.3 Å². The van der Waals surface area contributed by atoms with E-state index in [0.717, 1.165) is 5.01 Å². The average molecular weight is 272 g/mol. The van der Waals surface area contributed by atoms with Crippen LogP contribution in [-0.2, 0) is 9.53 Å². The SMILES string of the molecule is CC(C)c1ncc(C(=O)NCCOCC(=O)O)s1. The standard InChI is InChI=1S/C11H16N2O4S/c1-7(2)11-13-5-8(18-11)10(16)12-3-4-17-6-9(14)15/h5,7H,3-4,6H2,1-2H3,(H,12,16)(H,14,15). The molecule has 0 radical (unpaired) electrons. The van der Waals surface area contributed by atoms with Crippen molar-refractivity contribution >= 4 is 23.2 Å². The second-order valence-electron chi connectivity index (χ2n) is 3.92. The third-order valence-corrected chi connectivity index (χ3v) is 3.30. The summed E-state index contributed by atoms with van der Waals surface area (Å²) < 4.78 is 4.80. The second kappa shape index (κ2) is 7.07. The molecule has 0 spiro atoms. The Morgan fingerprint density at radius 2 is 2.28 bits per heavy atom. The summed E-state index contributed by atoms with van der Waals surface area (Å²) in [6, 6.07) is 0. The molecule has 18 heavy (non-hydrogen) atoms. The maximum Gasteiger partial charge on any atom is 0.329 e. The van der Waals surface area contributed by atoms with Gasteiger partial charge in [0.2, 0.25) is 0 Å². The molecule has 0 saturated heterocycles. The Morgan fingerprint density at radius 3 is 2.83 bits per heavy atom. The number of hydrogen-bond donors (Lipinski definition) is 2. The van der Waals surface area contributed by atoms with Crippen molar-refractivity contribution in [2.24, 2.45) is 0 Å². The van der Waals surface area contributed by atoms with Gasteiger partial charge in [-0.2, -0.15) is 0 Å². The van der Waals surface area contributed by atoms with Gasteiger partial charge in [0.15, 0.2) is 0 Å². The highest BCUT2D eigenvalue weighted by molar-refractivity contribution is 7.13. The van der Waals surface area contributed by atoms with Gasteiger partial charge in [-0.25, -0.2) is 9.78 Å². The number of hydrogen-bond acceptors (Lipinski definition) is 5. The lowest BCUT2D eigenvalue weighted by Gasteiger charge is -2.03. The van der Waals surface area contributed by atoms with E-state index in [-0.39, 0.29) is 25.7 Å². The van der Waals surface area contributed by atoms with Crippen LogP contribution in [0.1, 0.15) is 34.4 Å². The summed E-state index contributed by atoms with van der Waals surface area (Å²) in [7, 11) is 0. The molecule has 0 fully saturated rings. The van der Waals surface area contributed by atoms with Crippen LogP contribution in [0.25, 0.3) is 0 Å². The Hall–Kier alpha value is -1.47. The Balaban J connectivity index is 2.29. The smallest absolute Gasteiger partial charge is 0.329 e. The fourth-order valence-electron chi connectivity index (χ4n) is 1.14. The molecule has 1 heterocycles. The molecule has 0 saturated carbocycles. The first-order valence-corrected chi connectivity index (χ1v) is 6.35. The quantitative estimate of drug-likeness (QED) is 0.725. The third-order valence-electron chi connectivity index (χ3n) is 2.00. The molecule has 0 atom stereocenters. The first-order chi connectivity index (χ1) is 8.50. The average Bonchev–Trinajstić information content (AvgIpc) is 2.77. The van der Waals surface area contributed by atoms with Gasteiger partial charge in [-0.05, 0) is 0 Å². The highest BCUT2D eigenvalue weighted by atomic mass is 32.1. The van der Waals surface area contributed by atoms with Crippen molar-refractivity contribution in [1.82, 2.24) is 10.3 Å². The lowest BCUT2D eigenvalue weighted by molar-refractivity contribution is -0.142. The molecule has 100 valence electrons. The first kappa shape index (κ1) is 14.6. The minimum Gasteiger partial charge on any atom is -0.480 e. The molecule has 0 bridgehead atoms. The lowest BCUT2D eigenvalue weighted by Crippen LogP contribution is -2.27. The summed E-state index contributed by atoms with van der Waals surface area (Å²) in [6.07, 6.45) is 1.55. The summed E-state index contributed by atoms with van der Waals surface area (Å²) in [5.74, 6) is -0.931. The van der Waals surface area contributed by atoms with E-state index in [2.05, 4.69) is 10.3 Å². The maximum absolute atomic E-state index is 11.7. The number of carbonyl (C=O) groups excluding carboxylic acids is 1. The molecule has 1 amide bonds. The molecular formula is C11H16N2O4S. The van der Waals surface area contributed by atoms with Gasteiger partial charge in [0.25, 0.3) is 5.91 Å². The number of amides is 1. The first-order valence-electron chi connectivity index (χ1n) is 5.54. The predicted molar refractivity (Wildman–Crippen MR) is 67.0 cm³/mol. The van der Waals surface area contributed by atoms with Crippen LogP contribution in [0.3, 0.4) is 0 Å². The minimum absolute atomic E-state index is 0.174. The molecule has 1 rings (SSSR count). The Bertz CT molecular complexity index is 417. The maximum atomic E-state index is 11.7. The largest absolute Gasteiger partial charge is 0.480 e. The summed E-state index contributed by atoms with van der Waals surface area (Å²) in [5, 5.41) is 11.9. The molecule has 1 aromatic rings. The molecule has 0 aliphatic heterocycles. The number of nitrogens with one attached hydrogen (secondary N) is 1. The van der Waals surface area contributed by atoms with Gasteiger partial charge in [-0.3, -0.25) is 4.79 Å². The van der Waals surface area contributed by atoms with Crippen LogP contribution in [0.5, 0.6) is 0 Å². The van der Waals surface area contributed by atoms with Crippen LogP contribution in [0.15, 0.2) is 6.20 Å². The Morgan fingerprint density at radius 1 is 1.56 bits per heavy atom. The monoisotopic (exact) mass is 272 g/mol. The van der Waals surface area contributed by atoms with E-state index in [9.17, 15) is 9.59 Å². The molecule has 2 N–H and O–H groups in total. The lowest BCUT2D eigenvalue weighted by atomic mass is 10.2. The normalized spacial score (nSPS) is 10.6. The molecular weight excluding hydrogens is 256 g/mol. The highest BCUT2D eigenvalue weighted by Crippen LogP contribution is 2.20. The van der Waals surface area contributed by atoms with Crippen molar-refractivity contribution in [2.45, 2.75) is 19.8 Å². The summed E-state index contributed by atoms with van der Waals surface area (Å²) in [6.45, 7) is 4.13. The molecule has 0 unspecified atom stereocenters. The Kier molecular flexibility index (Phi) is 5.73. The van der Waals surface area contributed by atoms with Crippen molar-refractivity contribution in [1.29, 1.82) is 0 Å². The van der Waals surface area contributed by atoms with Crippen LogP contribution in [-0.4, -0.2) is 41.7 Å². The van der Waals surface area contributed by atoms with Gasteiger partial charge in [0.05, 0.1) is 17.8 Å². The summed E-state index contributed by atoms with van der Waals surface area (Å²) in [4.78, 5) is 26.5. The number of carboxylic acids is 1. The van der Waals surface area contributed by atoms with E-state index < -0.39 is 5.97 Å². The van der Waals surface area contributed by atoms with E-state index in [1.165, 1.54) is 11.3 Å². The van der Waals surface area contributed by atoms with Gasteiger partial charge in [0.1, 0.15) is 11.5 Å². The number of aliphatic carboxylic acids is 1. The molecule has 6 nitrogen and oxygen atoms in total. The molecule has 0 aliphatic rings. The van der Waals surface area contributed by atoms with Gasteiger partial charge in [-0.1, -0.05) is 13.8 Å². The van der Waals surface area contributed by atoms with Crippen LogP contribution in [0.4, 0.5) is 0 Å². The number of nitrogens with zero attached hydrogens (tertiary/aromatic N) is 1. The highest BCUT2D eigenvalue weighted by Gasteiger charge is 2.11. The second-order valence-corrected chi connectivity index (χ2v) is 4.98. The fourth-order valence-corrected chi connectivity index (χ4v) is 1.98. The zero-order chi connectivity index (χ0) is 13.5. The molecule has 0 aliphatic carbocycles. The van der Waals surface area contributed by atoms with E-state index >= 15 is 0 Å². The number of ether oxygens (including phenoxy) is 1. The van der Waals surface area contributed by atoms with Crippen molar-refractivity contribution in [3.8, 4) is 0 Å². The molecule has 7 heteroatoms. The van der Waals surface area contributed by atoms with Crippen molar-refractivity contribution in [3.05, 3.63) is 16.1 Å². The van der Waals surface area contributed by atoms with E-state index in [1.807, 2.05) is 13.8 Å². The van der Waals surface area contributed by atoms with Crippen LogP contribution < -0.4 is 5.32 Å². The Labute approximate surface area is 109 Å². The van der Waals surface area contributed by atoms with E-state index in [4.69, 9.17) is 9.84 Å². The zero-order valence-corrected chi connectivity index (χ0v) is 11.1. The minimum atomic E-state index is -1.02. The van der Waals surface area contributed by atoms with Gasteiger partial charge >= 0.3 is 5.97 Å². The number of carbonyl (C=O) groups is 2. The molecule has 1 aromatic heterocycles. The van der Waals surface area contributed by atoms with Crippen molar-refractivity contribution < 1.29 is 19.4 Å².